The molecule has 22 heavy (non-hydrogen) atoms. The summed E-state index contributed by atoms with van der Waals surface area (Å²) < 4.78 is 0. The van der Waals surface area contributed by atoms with Crippen LogP contribution in [0.15, 0.2) is 36.4 Å². The number of unbranched alkanes of at least 4 members (excludes halogenated alkanes) is 1. The molecule has 1 N–H and O–H groups in total. The molecular formula is C18H26N4. The van der Waals surface area contributed by atoms with E-state index in [-0.39, 0.29) is 0 Å². The summed E-state index contributed by atoms with van der Waals surface area (Å²) in [4.78, 5) is 11.3. The molecule has 118 valence electrons. The molecule has 0 unspecified atom stereocenters. The lowest BCUT2D eigenvalue weighted by molar-refractivity contribution is 0.748. The lowest BCUT2D eigenvalue weighted by atomic mass is 10.1. The van der Waals surface area contributed by atoms with Gasteiger partial charge in [-0.25, -0.2) is 4.98 Å². The molecule has 0 spiro atoms. The van der Waals surface area contributed by atoms with Crippen molar-refractivity contribution < 1.29 is 0 Å². The molecule has 2 rings (SSSR count). The van der Waals surface area contributed by atoms with Gasteiger partial charge in [0.25, 0.3) is 0 Å². The maximum absolute atomic E-state index is 4.62. The van der Waals surface area contributed by atoms with Crippen LogP contribution in [0.4, 0.5) is 11.8 Å². The fourth-order valence-electron chi connectivity index (χ4n) is 2.29. The van der Waals surface area contributed by atoms with Crippen molar-refractivity contribution in [1.82, 2.24) is 9.97 Å². The average Bonchev–Trinajstić information content (AvgIpc) is 2.53. The van der Waals surface area contributed by atoms with E-state index in [1.54, 1.807) is 0 Å². The van der Waals surface area contributed by atoms with Gasteiger partial charge in [-0.15, -0.1) is 0 Å². The number of benzene rings is 1. The van der Waals surface area contributed by atoms with Gasteiger partial charge in [0.1, 0.15) is 5.82 Å². The van der Waals surface area contributed by atoms with Crippen LogP contribution in [0.25, 0.3) is 0 Å². The molecule has 0 radical (unpaired) electrons. The molecule has 0 amide bonds. The van der Waals surface area contributed by atoms with E-state index in [2.05, 4.69) is 58.4 Å². The van der Waals surface area contributed by atoms with Crippen LogP contribution in [0.5, 0.6) is 0 Å². The molecular weight excluding hydrogens is 272 g/mol. The lowest BCUT2D eigenvalue weighted by Crippen LogP contribution is -2.22. The molecule has 0 saturated carbocycles. The molecule has 0 aliphatic heterocycles. The summed E-state index contributed by atoms with van der Waals surface area (Å²) in [6.07, 6.45) is 3.33. The van der Waals surface area contributed by atoms with Gasteiger partial charge in [0.05, 0.1) is 0 Å². The molecule has 0 aliphatic rings. The van der Waals surface area contributed by atoms with E-state index < -0.39 is 0 Å². The average molecular weight is 298 g/mol. The first kappa shape index (κ1) is 16.3. The zero-order valence-electron chi connectivity index (χ0n) is 13.8. The molecule has 1 aromatic carbocycles. The van der Waals surface area contributed by atoms with Crippen LogP contribution in [-0.2, 0) is 6.42 Å². The molecule has 4 heteroatoms. The highest BCUT2D eigenvalue weighted by Crippen LogP contribution is 2.13. The summed E-state index contributed by atoms with van der Waals surface area (Å²) >= 11 is 0. The van der Waals surface area contributed by atoms with Crippen molar-refractivity contribution in [3.8, 4) is 0 Å². The molecule has 1 heterocycles. The molecule has 0 saturated heterocycles. The third kappa shape index (κ3) is 5.02. The van der Waals surface area contributed by atoms with Gasteiger partial charge in [-0.05, 0) is 25.3 Å². The Bertz CT molecular complexity index is 569. The topological polar surface area (TPSA) is 41.1 Å². The Morgan fingerprint density at radius 1 is 1.14 bits per heavy atom. The summed E-state index contributed by atoms with van der Waals surface area (Å²) in [6.45, 7) is 6.07. The number of hydrogen-bond donors (Lipinski definition) is 1. The fraction of sp³-hybridized carbons (Fsp3) is 0.444. The van der Waals surface area contributed by atoms with Gasteiger partial charge in [-0.3, -0.25) is 0 Å². The minimum absolute atomic E-state index is 0.802. The Hall–Kier alpha value is -2.10. The standard InChI is InChI=1S/C18H26N4/c1-4-5-13-22(3)18-20-15(2)14-17(21-18)19-12-11-16-9-7-6-8-10-16/h6-10,14H,4-5,11-13H2,1-3H3,(H,19,20,21). The molecule has 0 bridgehead atoms. The number of rotatable bonds is 8. The number of aryl methyl sites for hydroxylation is 1. The van der Waals surface area contributed by atoms with Gasteiger partial charge in [-0.2, -0.15) is 4.98 Å². The molecule has 0 aliphatic carbocycles. The van der Waals surface area contributed by atoms with Crippen molar-refractivity contribution in [2.24, 2.45) is 0 Å². The SMILES string of the molecule is CCCCN(C)c1nc(C)cc(NCCc2ccccc2)n1. The minimum Gasteiger partial charge on any atom is -0.370 e. The first-order valence-corrected chi connectivity index (χ1v) is 8.03. The Morgan fingerprint density at radius 3 is 2.64 bits per heavy atom. The predicted molar refractivity (Wildman–Crippen MR) is 93.6 cm³/mol. The van der Waals surface area contributed by atoms with Gasteiger partial charge < -0.3 is 10.2 Å². The van der Waals surface area contributed by atoms with Crippen LogP contribution in [-0.4, -0.2) is 30.1 Å². The van der Waals surface area contributed by atoms with Crippen LogP contribution in [0.1, 0.15) is 31.0 Å². The normalized spacial score (nSPS) is 10.5. The van der Waals surface area contributed by atoms with E-state index in [1.165, 1.54) is 12.0 Å². The fourth-order valence-corrected chi connectivity index (χ4v) is 2.29. The minimum atomic E-state index is 0.802. The van der Waals surface area contributed by atoms with Crippen molar-refractivity contribution in [2.75, 3.05) is 30.4 Å². The number of aromatic nitrogens is 2. The monoisotopic (exact) mass is 298 g/mol. The number of anilines is 2. The molecule has 4 nitrogen and oxygen atoms in total. The van der Waals surface area contributed by atoms with Gasteiger partial charge in [0.2, 0.25) is 5.95 Å². The summed E-state index contributed by atoms with van der Waals surface area (Å²) in [5.41, 5.74) is 2.33. The van der Waals surface area contributed by atoms with Crippen LogP contribution < -0.4 is 10.2 Å². The zero-order valence-corrected chi connectivity index (χ0v) is 13.8. The Labute approximate surface area is 133 Å². The smallest absolute Gasteiger partial charge is 0.227 e. The third-order valence-corrected chi connectivity index (χ3v) is 3.59. The van der Waals surface area contributed by atoms with E-state index in [0.29, 0.717) is 0 Å². The van der Waals surface area contributed by atoms with Crippen molar-refractivity contribution >= 4 is 11.8 Å². The van der Waals surface area contributed by atoms with E-state index in [0.717, 1.165) is 43.4 Å². The summed E-state index contributed by atoms with van der Waals surface area (Å²) in [5, 5.41) is 3.41. The molecule has 0 atom stereocenters. The second-order valence-corrected chi connectivity index (χ2v) is 5.63. The van der Waals surface area contributed by atoms with E-state index in [1.807, 2.05) is 19.1 Å². The van der Waals surface area contributed by atoms with E-state index in [9.17, 15) is 0 Å². The Balaban J connectivity index is 1.94. The van der Waals surface area contributed by atoms with Crippen molar-refractivity contribution in [1.29, 1.82) is 0 Å². The van der Waals surface area contributed by atoms with E-state index >= 15 is 0 Å². The largest absolute Gasteiger partial charge is 0.370 e. The van der Waals surface area contributed by atoms with Gasteiger partial charge in [-0.1, -0.05) is 43.7 Å². The highest BCUT2D eigenvalue weighted by atomic mass is 15.2. The van der Waals surface area contributed by atoms with Gasteiger partial charge in [0.15, 0.2) is 0 Å². The maximum atomic E-state index is 4.62. The van der Waals surface area contributed by atoms with Crippen molar-refractivity contribution in [2.45, 2.75) is 33.1 Å². The molecule has 2 aromatic rings. The van der Waals surface area contributed by atoms with Crippen molar-refractivity contribution in [3.05, 3.63) is 47.7 Å². The quantitative estimate of drug-likeness (QED) is 0.807. The Morgan fingerprint density at radius 2 is 1.91 bits per heavy atom. The maximum Gasteiger partial charge on any atom is 0.227 e. The van der Waals surface area contributed by atoms with Crippen molar-refractivity contribution in [3.63, 3.8) is 0 Å². The van der Waals surface area contributed by atoms with Crippen LogP contribution >= 0.6 is 0 Å². The second kappa shape index (κ2) is 8.37. The highest BCUT2D eigenvalue weighted by molar-refractivity contribution is 5.43. The van der Waals surface area contributed by atoms with E-state index in [4.69, 9.17) is 0 Å². The van der Waals surface area contributed by atoms with Gasteiger partial charge in [0, 0.05) is 31.9 Å². The van der Waals surface area contributed by atoms with Crippen LogP contribution in [0.3, 0.4) is 0 Å². The zero-order chi connectivity index (χ0) is 15.8. The van der Waals surface area contributed by atoms with Crippen LogP contribution in [0.2, 0.25) is 0 Å². The first-order chi connectivity index (χ1) is 10.7. The second-order valence-electron chi connectivity index (χ2n) is 5.63. The lowest BCUT2D eigenvalue weighted by Gasteiger charge is -2.18. The highest BCUT2D eigenvalue weighted by Gasteiger charge is 2.06. The number of nitrogens with one attached hydrogen (secondary N) is 1. The molecule has 0 fully saturated rings. The number of nitrogens with zero attached hydrogens (tertiary/aromatic N) is 3. The van der Waals surface area contributed by atoms with Crippen LogP contribution in [0, 0.1) is 6.92 Å². The predicted octanol–water partition coefficient (Wildman–Crippen LogP) is 3.68. The molecule has 1 aromatic heterocycles. The summed E-state index contributed by atoms with van der Waals surface area (Å²) in [7, 11) is 2.05. The van der Waals surface area contributed by atoms with Gasteiger partial charge >= 0.3 is 0 Å². The first-order valence-electron chi connectivity index (χ1n) is 8.03. The number of hydrogen-bond acceptors (Lipinski definition) is 4. The summed E-state index contributed by atoms with van der Waals surface area (Å²) in [5.74, 6) is 1.71. The Kier molecular flexibility index (Phi) is 6.19. The summed E-state index contributed by atoms with van der Waals surface area (Å²) in [6, 6.07) is 12.5. The third-order valence-electron chi connectivity index (χ3n) is 3.59.